The largest absolute Gasteiger partial charge is 0.494 e. The van der Waals surface area contributed by atoms with Gasteiger partial charge in [-0.25, -0.2) is 4.39 Å². The zero-order chi connectivity index (χ0) is 13.8. The quantitative estimate of drug-likeness (QED) is 0.798. The fourth-order valence-corrected chi connectivity index (χ4v) is 2.46. The Morgan fingerprint density at radius 1 is 1.47 bits per heavy atom. The Kier molecular flexibility index (Phi) is 4.77. The molecule has 1 aromatic rings. The molecule has 2 rings (SSSR count). The molecule has 1 saturated carbocycles. The summed E-state index contributed by atoms with van der Waals surface area (Å²) in [5.41, 5.74) is 0.905. The highest BCUT2D eigenvalue weighted by molar-refractivity contribution is 5.30. The van der Waals surface area contributed by atoms with Gasteiger partial charge in [-0.3, -0.25) is 0 Å². The molecule has 4 heteroatoms. The molecule has 106 valence electrons. The van der Waals surface area contributed by atoms with Crippen molar-refractivity contribution in [3.05, 3.63) is 29.6 Å². The van der Waals surface area contributed by atoms with E-state index in [9.17, 15) is 4.39 Å². The summed E-state index contributed by atoms with van der Waals surface area (Å²) in [5.74, 6) is 0.599. The number of methoxy groups -OCH3 is 1. The third-order valence-electron chi connectivity index (χ3n) is 3.77. The van der Waals surface area contributed by atoms with Gasteiger partial charge in [-0.2, -0.15) is 0 Å². The lowest BCUT2D eigenvalue weighted by molar-refractivity contribution is 0.250. The molecular weight excluding hydrogens is 245 g/mol. The van der Waals surface area contributed by atoms with Crippen LogP contribution >= 0.6 is 0 Å². The Morgan fingerprint density at radius 3 is 2.74 bits per heavy atom. The number of halogens is 1. The monoisotopic (exact) mass is 267 g/mol. The molecule has 3 nitrogen and oxygen atoms in total. The lowest BCUT2D eigenvalue weighted by Gasteiger charge is -2.23. The van der Waals surface area contributed by atoms with Crippen LogP contribution in [0.15, 0.2) is 18.2 Å². The first-order valence-corrected chi connectivity index (χ1v) is 6.86. The number of hydrogen-bond acceptors (Lipinski definition) is 3. The van der Waals surface area contributed by atoms with Crippen molar-refractivity contribution in [1.29, 1.82) is 0 Å². The first-order valence-electron chi connectivity index (χ1n) is 6.86. The highest BCUT2D eigenvalue weighted by atomic mass is 19.1. The van der Waals surface area contributed by atoms with Gasteiger partial charge >= 0.3 is 0 Å². The zero-order valence-corrected chi connectivity index (χ0v) is 11.5. The number of hydrogen-bond donors (Lipinski definition) is 2. The van der Waals surface area contributed by atoms with Crippen molar-refractivity contribution < 1.29 is 14.2 Å². The normalized spacial score (nSPS) is 18.1. The van der Waals surface area contributed by atoms with Gasteiger partial charge in [-0.15, -0.1) is 0 Å². The van der Waals surface area contributed by atoms with Gasteiger partial charge in [0.15, 0.2) is 11.6 Å². The van der Waals surface area contributed by atoms with Gasteiger partial charge in [-0.05, 0) is 49.8 Å². The summed E-state index contributed by atoms with van der Waals surface area (Å²) < 4.78 is 18.6. The predicted octanol–water partition coefficient (Wildman–Crippen LogP) is 2.65. The molecule has 2 atom stereocenters. The fourth-order valence-electron chi connectivity index (χ4n) is 2.46. The smallest absolute Gasteiger partial charge is 0.165 e. The molecule has 0 aliphatic heterocycles. The van der Waals surface area contributed by atoms with Crippen molar-refractivity contribution in [3.63, 3.8) is 0 Å². The second kappa shape index (κ2) is 6.35. The molecule has 0 spiro atoms. The van der Waals surface area contributed by atoms with E-state index in [1.807, 2.05) is 13.0 Å². The Labute approximate surface area is 113 Å². The number of nitrogens with one attached hydrogen (secondary N) is 1. The van der Waals surface area contributed by atoms with Crippen molar-refractivity contribution in [2.45, 2.75) is 38.3 Å². The molecule has 1 aliphatic carbocycles. The average Bonchev–Trinajstić information content (AvgIpc) is 3.22. The maximum absolute atomic E-state index is 13.7. The predicted molar refractivity (Wildman–Crippen MR) is 72.7 cm³/mol. The summed E-state index contributed by atoms with van der Waals surface area (Å²) in [6.07, 6.45) is 3.20. The standard InChI is InChI=1S/C15H22FNO2/c1-10(17-14(7-8-18)11-3-4-11)12-5-6-15(19-2)13(16)9-12/h5-6,9-11,14,17-18H,3-4,7-8H2,1-2H3. The van der Waals surface area contributed by atoms with Crippen LogP contribution < -0.4 is 10.1 Å². The van der Waals surface area contributed by atoms with Gasteiger partial charge in [0.2, 0.25) is 0 Å². The van der Waals surface area contributed by atoms with Gasteiger partial charge in [0.25, 0.3) is 0 Å². The van der Waals surface area contributed by atoms with Crippen LogP contribution in [0.4, 0.5) is 4.39 Å². The number of benzene rings is 1. The molecule has 0 aromatic heterocycles. The Bertz CT molecular complexity index is 421. The molecule has 19 heavy (non-hydrogen) atoms. The number of aliphatic hydroxyl groups is 1. The minimum atomic E-state index is -0.334. The molecule has 1 aliphatic rings. The van der Waals surface area contributed by atoms with E-state index in [0.717, 1.165) is 12.0 Å². The Morgan fingerprint density at radius 2 is 2.21 bits per heavy atom. The Balaban J connectivity index is 2.01. The number of aliphatic hydroxyl groups excluding tert-OH is 1. The molecule has 1 fully saturated rings. The summed E-state index contributed by atoms with van der Waals surface area (Å²) in [6, 6.07) is 5.44. The van der Waals surface area contributed by atoms with Crippen LogP contribution in [0.5, 0.6) is 5.75 Å². The van der Waals surface area contributed by atoms with E-state index in [1.54, 1.807) is 6.07 Å². The fraction of sp³-hybridized carbons (Fsp3) is 0.600. The summed E-state index contributed by atoms with van der Waals surface area (Å²) in [5, 5.41) is 12.6. The molecule has 1 aromatic carbocycles. The lowest BCUT2D eigenvalue weighted by Crippen LogP contribution is -2.34. The molecule has 2 unspecified atom stereocenters. The zero-order valence-electron chi connectivity index (χ0n) is 11.5. The van der Waals surface area contributed by atoms with Gasteiger partial charge in [0, 0.05) is 18.7 Å². The van der Waals surface area contributed by atoms with Gasteiger partial charge in [0.05, 0.1) is 7.11 Å². The maximum Gasteiger partial charge on any atom is 0.165 e. The molecule has 2 N–H and O–H groups in total. The van der Waals surface area contributed by atoms with E-state index >= 15 is 0 Å². The van der Waals surface area contributed by atoms with Crippen LogP contribution in [0.25, 0.3) is 0 Å². The molecule has 0 saturated heterocycles. The maximum atomic E-state index is 13.7. The van der Waals surface area contributed by atoms with Gasteiger partial charge in [-0.1, -0.05) is 6.07 Å². The summed E-state index contributed by atoms with van der Waals surface area (Å²) in [6.45, 7) is 2.21. The topological polar surface area (TPSA) is 41.5 Å². The molecule has 0 heterocycles. The van der Waals surface area contributed by atoms with Crippen molar-refractivity contribution in [2.75, 3.05) is 13.7 Å². The highest BCUT2D eigenvalue weighted by Crippen LogP contribution is 2.35. The highest BCUT2D eigenvalue weighted by Gasteiger charge is 2.31. The van der Waals surface area contributed by atoms with Crippen LogP contribution in [0, 0.1) is 11.7 Å². The van der Waals surface area contributed by atoms with Crippen molar-refractivity contribution >= 4 is 0 Å². The second-order valence-corrected chi connectivity index (χ2v) is 5.24. The second-order valence-electron chi connectivity index (χ2n) is 5.24. The van der Waals surface area contributed by atoms with E-state index in [4.69, 9.17) is 9.84 Å². The van der Waals surface area contributed by atoms with Crippen LogP contribution in [0.1, 0.15) is 37.8 Å². The van der Waals surface area contributed by atoms with E-state index < -0.39 is 0 Å². The number of ether oxygens (including phenoxy) is 1. The van der Waals surface area contributed by atoms with E-state index in [1.165, 1.54) is 26.0 Å². The Hall–Kier alpha value is -1.13. The van der Waals surface area contributed by atoms with Crippen LogP contribution in [-0.2, 0) is 0 Å². The average molecular weight is 267 g/mol. The van der Waals surface area contributed by atoms with Gasteiger partial charge < -0.3 is 15.2 Å². The van der Waals surface area contributed by atoms with Crippen molar-refractivity contribution in [3.8, 4) is 5.75 Å². The number of rotatable bonds is 7. The van der Waals surface area contributed by atoms with Crippen LogP contribution in [0.3, 0.4) is 0 Å². The van der Waals surface area contributed by atoms with Crippen LogP contribution in [-0.4, -0.2) is 24.9 Å². The van der Waals surface area contributed by atoms with E-state index in [-0.39, 0.29) is 24.2 Å². The lowest BCUT2D eigenvalue weighted by atomic mass is 10.0. The third-order valence-corrected chi connectivity index (χ3v) is 3.77. The van der Waals surface area contributed by atoms with Crippen LogP contribution in [0.2, 0.25) is 0 Å². The molecule has 0 amide bonds. The minimum Gasteiger partial charge on any atom is -0.494 e. The summed E-state index contributed by atoms with van der Waals surface area (Å²) >= 11 is 0. The first kappa shape index (κ1) is 14.3. The summed E-state index contributed by atoms with van der Waals surface area (Å²) in [4.78, 5) is 0. The molecule has 0 radical (unpaired) electrons. The van der Waals surface area contributed by atoms with Crippen molar-refractivity contribution in [2.24, 2.45) is 5.92 Å². The van der Waals surface area contributed by atoms with E-state index in [2.05, 4.69) is 5.32 Å². The molecule has 0 bridgehead atoms. The SMILES string of the molecule is COc1ccc(C(C)NC(CCO)C2CC2)cc1F. The first-order chi connectivity index (χ1) is 9.15. The van der Waals surface area contributed by atoms with Crippen molar-refractivity contribution in [1.82, 2.24) is 5.32 Å². The summed E-state index contributed by atoms with van der Waals surface area (Å²) in [7, 11) is 1.46. The minimum absolute atomic E-state index is 0.0672. The van der Waals surface area contributed by atoms with Gasteiger partial charge in [0.1, 0.15) is 0 Å². The van der Waals surface area contributed by atoms with E-state index in [0.29, 0.717) is 12.0 Å². The molecular formula is C15H22FNO2. The third kappa shape index (κ3) is 3.67.